The summed E-state index contributed by atoms with van der Waals surface area (Å²) in [5.74, 6) is 2.96. The number of amides is 1. The maximum atomic E-state index is 12.3. The summed E-state index contributed by atoms with van der Waals surface area (Å²) in [5.41, 5.74) is 3.10. The molecule has 0 radical (unpaired) electrons. The molecule has 1 amide bonds. The highest BCUT2D eigenvalue weighted by Gasteiger charge is 2.13. The Morgan fingerprint density at radius 3 is 2.86 bits per heavy atom. The predicted octanol–water partition coefficient (Wildman–Crippen LogP) is 3.59. The van der Waals surface area contributed by atoms with Gasteiger partial charge in [0, 0.05) is 22.2 Å². The molecule has 0 aliphatic rings. The van der Waals surface area contributed by atoms with Gasteiger partial charge in [0.2, 0.25) is 0 Å². The zero-order chi connectivity index (χ0) is 20.8. The van der Waals surface area contributed by atoms with Crippen LogP contribution in [0, 0.1) is 22.5 Å². The van der Waals surface area contributed by atoms with Crippen molar-refractivity contribution >= 4 is 39.2 Å². The van der Waals surface area contributed by atoms with E-state index in [-0.39, 0.29) is 12.3 Å². The van der Waals surface area contributed by atoms with Crippen molar-refractivity contribution in [3.8, 4) is 23.8 Å². The molecule has 1 N–H and O–H groups in total. The van der Waals surface area contributed by atoms with Crippen molar-refractivity contribution in [2.75, 3.05) is 13.7 Å². The number of fused-ring (bicyclic) bond motifs is 1. The molecule has 0 saturated heterocycles. The van der Waals surface area contributed by atoms with Crippen LogP contribution in [0.25, 0.3) is 10.1 Å². The van der Waals surface area contributed by atoms with E-state index in [2.05, 4.69) is 16.4 Å². The van der Waals surface area contributed by atoms with Crippen LogP contribution in [0.5, 0.6) is 11.5 Å². The van der Waals surface area contributed by atoms with Crippen LogP contribution in [0.3, 0.4) is 0 Å². The van der Waals surface area contributed by atoms with E-state index in [0.29, 0.717) is 27.3 Å². The smallest absolute Gasteiger partial charge is 0.281 e. The number of terminal acetylenes is 1. The van der Waals surface area contributed by atoms with Crippen LogP contribution >= 0.6 is 11.3 Å². The number of ether oxygens (including phenoxy) is 2. The monoisotopic (exact) mass is 409 g/mol. The average Bonchev–Trinajstić information content (AvgIpc) is 3.16. The number of methoxy groups -OCH3 is 1. The van der Waals surface area contributed by atoms with E-state index in [4.69, 9.17) is 15.9 Å². The first kappa shape index (κ1) is 19.9. The Balaban J connectivity index is 1.70. The van der Waals surface area contributed by atoms with Gasteiger partial charge in [-0.05, 0) is 35.9 Å². The Morgan fingerprint density at radius 2 is 2.14 bits per heavy atom. The molecule has 0 aliphatic heterocycles. The molecule has 0 atom stereocenters. The van der Waals surface area contributed by atoms with Gasteiger partial charge >= 0.3 is 0 Å². The third-order valence-corrected chi connectivity index (χ3v) is 4.93. The number of hydrogen-bond donors (Lipinski definition) is 1. The number of carbonyl (C=O) groups is 1. The Labute approximate surface area is 169 Å². The fraction of sp³-hybridized carbons (Fsp3) is 0.100. The van der Waals surface area contributed by atoms with Crippen molar-refractivity contribution in [1.29, 1.82) is 0 Å². The van der Waals surface area contributed by atoms with Gasteiger partial charge in [-0.3, -0.25) is 14.9 Å². The molecule has 0 aliphatic carbocycles. The summed E-state index contributed by atoms with van der Waals surface area (Å²) in [5, 5.41) is 15.4. The molecule has 3 aromatic rings. The first-order valence-corrected chi connectivity index (χ1v) is 9.09. The minimum absolute atomic E-state index is 0.0242. The second-order valence-corrected chi connectivity index (χ2v) is 6.78. The molecular formula is C20H15N3O5S. The second kappa shape index (κ2) is 8.86. The van der Waals surface area contributed by atoms with Crippen LogP contribution in [0.4, 0.5) is 5.69 Å². The molecule has 9 heteroatoms. The van der Waals surface area contributed by atoms with E-state index in [9.17, 15) is 14.9 Å². The largest absolute Gasteiger partial charge is 0.493 e. The van der Waals surface area contributed by atoms with E-state index in [1.165, 1.54) is 36.8 Å². The van der Waals surface area contributed by atoms with Crippen LogP contribution in [-0.2, 0) is 0 Å². The summed E-state index contributed by atoms with van der Waals surface area (Å²) < 4.78 is 11.4. The lowest BCUT2D eigenvalue weighted by molar-refractivity contribution is -0.384. The molecule has 1 aromatic heterocycles. The van der Waals surface area contributed by atoms with Crippen LogP contribution in [0.2, 0.25) is 0 Å². The van der Waals surface area contributed by atoms with Gasteiger partial charge in [-0.15, -0.1) is 17.8 Å². The molecule has 146 valence electrons. The van der Waals surface area contributed by atoms with Gasteiger partial charge in [-0.25, -0.2) is 5.43 Å². The Bertz CT molecular complexity index is 1150. The standard InChI is InChI=1S/C20H15N3O5S/c1-3-8-28-16-6-4-13(9-17(16)27-2)12-21-22-20(24)19-11-14-10-15(23(25)26)5-7-18(14)29-19/h1,4-7,9-12H,8H2,2H3,(H,22,24)/b21-12-. The number of non-ortho nitro benzene ring substituents is 1. The maximum Gasteiger partial charge on any atom is 0.281 e. The molecule has 2 aromatic carbocycles. The van der Waals surface area contributed by atoms with Crippen molar-refractivity contribution < 1.29 is 19.2 Å². The first-order valence-electron chi connectivity index (χ1n) is 8.27. The number of nitro groups is 1. The third kappa shape index (κ3) is 4.69. The van der Waals surface area contributed by atoms with Crippen molar-refractivity contribution in [2.24, 2.45) is 5.10 Å². The van der Waals surface area contributed by atoms with Crippen LogP contribution in [-0.4, -0.2) is 30.8 Å². The van der Waals surface area contributed by atoms with Crippen molar-refractivity contribution in [3.05, 3.63) is 63.0 Å². The summed E-state index contributed by atoms with van der Waals surface area (Å²) >= 11 is 1.23. The highest BCUT2D eigenvalue weighted by atomic mass is 32.1. The van der Waals surface area contributed by atoms with Gasteiger partial charge in [0.15, 0.2) is 11.5 Å². The first-order chi connectivity index (χ1) is 14.0. The molecule has 0 fully saturated rings. The quantitative estimate of drug-likeness (QED) is 0.278. The lowest BCUT2D eigenvalue weighted by atomic mass is 10.2. The fourth-order valence-corrected chi connectivity index (χ4v) is 3.41. The normalized spacial score (nSPS) is 10.6. The van der Waals surface area contributed by atoms with Gasteiger partial charge in [-0.1, -0.05) is 5.92 Å². The van der Waals surface area contributed by atoms with Gasteiger partial charge in [0.1, 0.15) is 6.61 Å². The minimum atomic E-state index is -0.474. The Morgan fingerprint density at radius 1 is 1.31 bits per heavy atom. The summed E-state index contributed by atoms with van der Waals surface area (Å²) in [4.78, 5) is 23.1. The van der Waals surface area contributed by atoms with Gasteiger partial charge in [-0.2, -0.15) is 5.10 Å². The highest BCUT2D eigenvalue weighted by molar-refractivity contribution is 7.20. The number of nitrogens with zero attached hydrogens (tertiary/aromatic N) is 2. The molecule has 0 unspecified atom stereocenters. The number of hydrazone groups is 1. The van der Waals surface area contributed by atoms with Crippen molar-refractivity contribution in [1.82, 2.24) is 5.43 Å². The topological polar surface area (TPSA) is 103 Å². The summed E-state index contributed by atoms with van der Waals surface area (Å²) in [6.07, 6.45) is 6.64. The van der Waals surface area contributed by atoms with E-state index in [1.807, 2.05) is 0 Å². The number of nitrogens with one attached hydrogen (secondary N) is 1. The van der Waals surface area contributed by atoms with Crippen molar-refractivity contribution in [2.45, 2.75) is 0 Å². The SMILES string of the molecule is C#CCOc1ccc(/C=N\NC(=O)c2cc3cc([N+](=O)[O-])ccc3s2)cc1OC. The summed E-state index contributed by atoms with van der Waals surface area (Å²) in [6, 6.07) is 11.2. The van der Waals surface area contributed by atoms with Gasteiger partial charge in [0.05, 0.1) is 23.1 Å². The summed E-state index contributed by atoms with van der Waals surface area (Å²) in [7, 11) is 1.51. The molecule has 8 nitrogen and oxygen atoms in total. The number of thiophene rings is 1. The molecule has 0 spiro atoms. The lowest BCUT2D eigenvalue weighted by Crippen LogP contribution is -2.16. The van der Waals surface area contributed by atoms with E-state index >= 15 is 0 Å². The Hall–Kier alpha value is -3.90. The molecule has 29 heavy (non-hydrogen) atoms. The van der Waals surface area contributed by atoms with E-state index in [0.717, 1.165) is 4.70 Å². The highest BCUT2D eigenvalue weighted by Crippen LogP contribution is 2.29. The number of hydrogen-bond acceptors (Lipinski definition) is 7. The van der Waals surface area contributed by atoms with Crippen molar-refractivity contribution in [3.63, 3.8) is 0 Å². The zero-order valence-electron chi connectivity index (χ0n) is 15.2. The Kier molecular flexibility index (Phi) is 6.06. The average molecular weight is 409 g/mol. The predicted molar refractivity (Wildman–Crippen MR) is 111 cm³/mol. The summed E-state index contributed by atoms with van der Waals surface area (Å²) in [6.45, 7) is 0.123. The van der Waals surface area contributed by atoms with Gasteiger partial charge < -0.3 is 9.47 Å². The third-order valence-electron chi connectivity index (χ3n) is 3.81. The van der Waals surface area contributed by atoms with E-state index in [1.54, 1.807) is 30.3 Å². The molecule has 0 bridgehead atoms. The second-order valence-electron chi connectivity index (χ2n) is 5.69. The van der Waals surface area contributed by atoms with E-state index < -0.39 is 10.8 Å². The molecule has 3 rings (SSSR count). The zero-order valence-corrected chi connectivity index (χ0v) is 16.1. The lowest BCUT2D eigenvalue weighted by Gasteiger charge is -2.08. The van der Waals surface area contributed by atoms with Gasteiger partial charge in [0.25, 0.3) is 11.6 Å². The minimum Gasteiger partial charge on any atom is -0.493 e. The number of benzene rings is 2. The number of rotatable bonds is 7. The molecular weight excluding hydrogens is 394 g/mol. The fourth-order valence-electron chi connectivity index (χ4n) is 2.48. The van der Waals surface area contributed by atoms with Crippen LogP contribution in [0.15, 0.2) is 47.6 Å². The van der Waals surface area contributed by atoms with Crippen LogP contribution < -0.4 is 14.9 Å². The molecule has 1 heterocycles. The van der Waals surface area contributed by atoms with Crippen LogP contribution in [0.1, 0.15) is 15.2 Å². The molecule has 0 saturated carbocycles. The number of nitro benzene ring substituents is 1. The number of carbonyl (C=O) groups excluding carboxylic acids is 1. The maximum absolute atomic E-state index is 12.3.